The van der Waals surface area contributed by atoms with Crippen LogP contribution in [0.4, 0.5) is 13.2 Å². The van der Waals surface area contributed by atoms with Crippen molar-refractivity contribution in [1.29, 1.82) is 0 Å². The average molecular weight is 398 g/mol. The van der Waals surface area contributed by atoms with Crippen molar-refractivity contribution in [1.82, 2.24) is 14.7 Å². The highest BCUT2D eigenvalue weighted by molar-refractivity contribution is 9.10. The van der Waals surface area contributed by atoms with E-state index in [1.807, 2.05) is 19.2 Å². The molecule has 0 aliphatic rings. The van der Waals surface area contributed by atoms with E-state index in [0.717, 1.165) is 21.7 Å². The van der Waals surface area contributed by atoms with Gasteiger partial charge in [0.2, 0.25) is 0 Å². The molecule has 0 aliphatic carbocycles. The van der Waals surface area contributed by atoms with E-state index in [9.17, 15) is 18.0 Å². The topological polar surface area (TPSA) is 46.4 Å². The lowest BCUT2D eigenvalue weighted by Gasteiger charge is -2.05. The Kier molecular flexibility index (Phi) is 4.31. The summed E-state index contributed by atoms with van der Waals surface area (Å²) in [5, 5.41) is 2.44. The predicted molar refractivity (Wildman–Crippen MR) is 85.1 cm³/mol. The van der Waals surface area contributed by atoms with Gasteiger partial charge in [-0.15, -0.1) is 0 Å². The molecule has 2 aromatic heterocycles. The lowest BCUT2D eigenvalue weighted by molar-refractivity contribution is 0.0945. The van der Waals surface area contributed by atoms with Crippen molar-refractivity contribution in [2.75, 3.05) is 0 Å². The van der Waals surface area contributed by atoms with Crippen molar-refractivity contribution in [2.45, 2.75) is 13.5 Å². The molecule has 3 rings (SSSR count). The number of fused-ring (bicyclic) bond motifs is 1. The Morgan fingerprint density at radius 3 is 2.75 bits per heavy atom. The van der Waals surface area contributed by atoms with E-state index in [4.69, 9.17) is 0 Å². The Labute approximate surface area is 143 Å². The largest absolute Gasteiger partial charge is 0.346 e. The van der Waals surface area contributed by atoms with E-state index in [-0.39, 0.29) is 6.54 Å². The maximum Gasteiger partial charge on any atom is 0.254 e. The monoisotopic (exact) mass is 397 g/mol. The first kappa shape index (κ1) is 16.5. The number of pyridine rings is 1. The van der Waals surface area contributed by atoms with E-state index in [2.05, 4.69) is 26.2 Å². The number of nitrogens with one attached hydrogen (secondary N) is 1. The molecule has 0 saturated carbocycles. The number of aromatic nitrogens is 2. The van der Waals surface area contributed by atoms with Crippen LogP contribution in [-0.2, 0) is 6.54 Å². The predicted octanol–water partition coefficient (Wildman–Crippen LogP) is 3.75. The minimum absolute atomic E-state index is 0.0238. The molecule has 0 fully saturated rings. The zero-order valence-corrected chi connectivity index (χ0v) is 14.0. The van der Waals surface area contributed by atoms with Gasteiger partial charge in [0.1, 0.15) is 5.65 Å². The molecule has 1 N–H and O–H groups in total. The van der Waals surface area contributed by atoms with Gasteiger partial charge < -0.3 is 9.72 Å². The molecule has 1 amide bonds. The maximum atomic E-state index is 13.6. The van der Waals surface area contributed by atoms with Gasteiger partial charge in [0.15, 0.2) is 17.5 Å². The van der Waals surface area contributed by atoms with Crippen LogP contribution in [0.2, 0.25) is 0 Å². The molecule has 0 aliphatic heterocycles. The standard InChI is InChI=1S/C16H11BrF3N3O/c1-8-4-9(17)6-23-7-10(22-15(8)23)5-21-16(24)11-2-3-12(18)14(20)13(11)19/h2-4,6-7H,5H2,1H3,(H,21,24). The molecule has 0 unspecified atom stereocenters. The summed E-state index contributed by atoms with van der Waals surface area (Å²) >= 11 is 3.38. The highest BCUT2D eigenvalue weighted by Gasteiger charge is 2.18. The second-order valence-corrected chi connectivity index (χ2v) is 6.13. The summed E-state index contributed by atoms with van der Waals surface area (Å²) < 4.78 is 42.4. The number of amides is 1. The normalized spacial score (nSPS) is 11.0. The Morgan fingerprint density at radius 1 is 1.25 bits per heavy atom. The fourth-order valence-electron chi connectivity index (χ4n) is 2.33. The molecule has 0 saturated heterocycles. The maximum absolute atomic E-state index is 13.6. The third-order valence-electron chi connectivity index (χ3n) is 3.46. The zero-order valence-electron chi connectivity index (χ0n) is 12.4. The summed E-state index contributed by atoms with van der Waals surface area (Å²) in [5.41, 5.74) is 1.65. The van der Waals surface area contributed by atoms with Gasteiger partial charge in [-0.05, 0) is 46.6 Å². The average Bonchev–Trinajstić information content (AvgIpc) is 2.93. The molecule has 3 aromatic rings. The summed E-state index contributed by atoms with van der Waals surface area (Å²) in [6, 6.07) is 3.51. The fraction of sp³-hybridized carbons (Fsp3) is 0.125. The highest BCUT2D eigenvalue weighted by Crippen LogP contribution is 2.18. The highest BCUT2D eigenvalue weighted by atomic mass is 79.9. The van der Waals surface area contributed by atoms with Gasteiger partial charge in [-0.1, -0.05) is 0 Å². The summed E-state index contributed by atoms with van der Waals surface area (Å²) in [4.78, 5) is 16.3. The Bertz CT molecular complexity index is 955. The number of halogens is 4. The first-order valence-electron chi connectivity index (χ1n) is 6.92. The van der Waals surface area contributed by atoms with Crippen LogP contribution >= 0.6 is 15.9 Å². The minimum Gasteiger partial charge on any atom is -0.346 e. The van der Waals surface area contributed by atoms with Gasteiger partial charge in [-0.3, -0.25) is 4.79 Å². The van der Waals surface area contributed by atoms with E-state index in [0.29, 0.717) is 11.8 Å². The van der Waals surface area contributed by atoms with Gasteiger partial charge in [-0.2, -0.15) is 0 Å². The number of benzene rings is 1. The van der Waals surface area contributed by atoms with E-state index >= 15 is 0 Å². The van der Waals surface area contributed by atoms with E-state index in [1.54, 1.807) is 10.6 Å². The second-order valence-electron chi connectivity index (χ2n) is 5.21. The molecule has 0 radical (unpaired) electrons. The number of rotatable bonds is 3. The third kappa shape index (κ3) is 3.01. The summed E-state index contributed by atoms with van der Waals surface area (Å²) in [7, 11) is 0. The summed E-state index contributed by atoms with van der Waals surface area (Å²) in [5.74, 6) is -5.37. The van der Waals surface area contributed by atoms with Crippen LogP contribution < -0.4 is 5.32 Å². The molecule has 2 heterocycles. The molecule has 1 aromatic carbocycles. The molecule has 4 nitrogen and oxygen atoms in total. The number of carbonyl (C=O) groups excluding carboxylic acids is 1. The van der Waals surface area contributed by atoms with E-state index in [1.165, 1.54) is 0 Å². The van der Waals surface area contributed by atoms with Crippen molar-refractivity contribution < 1.29 is 18.0 Å². The second kappa shape index (κ2) is 6.27. The van der Waals surface area contributed by atoms with Gasteiger partial charge in [0, 0.05) is 16.9 Å². The first-order chi connectivity index (χ1) is 11.4. The quantitative estimate of drug-likeness (QED) is 0.684. The summed E-state index contributed by atoms with van der Waals surface area (Å²) in [6.45, 7) is 1.92. The summed E-state index contributed by atoms with van der Waals surface area (Å²) in [6.07, 6.45) is 3.53. The van der Waals surface area contributed by atoms with Crippen LogP contribution in [0.5, 0.6) is 0 Å². The lowest BCUT2D eigenvalue weighted by atomic mass is 10.2. The number of nitrogens with zero attached hydrogens (tertiary/aromatic N) is 2. The molecule has 0 spiro atoms. The van der Waals surface area contributed by atoms with Crippen molar-refractivity contribution in [3.05, 3.63) is 69.3 Å². The molecular weight excluding hydrogens is 387 g/mol. The van der Waals surface area contributed by atoms with Crippen LogP contribution in [0.25, 0.3) is 5.65 Å². The molecule has 0 atom stereocenters. The van der Waals surface area contributed by atoms with Crippen LogP contribution in [0.15, 0.2) is 35.1 Å². The third-order valence-corrected chi connectivity index (χ3v) is 3.90. The number of imidazole rings is 1. The van der Waals surface area contributed by atoms with E-state index < -0.39 is 28.9 Å². The van der Waals surface area contributed by atoms with Crippen molar-refractivity contribution in [3.63, 3.8) is 0 Å². The van der Waals surface area contributed by atoms with Crippen LogP contribution in [0.1, 0.15) is 21.6 Å². The molecular formula is C16H11BrF3N3O. The number of aryl methyl sites for hydroxylation is 1. The van der Waals surface area contributed by atoms with Gasteiger partial charge in [0.05, 0.1) is 17.8 Å². The molecule has 0 bridgehead atoms. The zero-order chi connectivity index (χ0) is 17.4. The molecule has 24 heavy (non-hydrogen) atoms. The van der Waals surface area contributed by atoms with Crippen LogP contribution in [0.3, 0.4) is 0 Å². The number of hydrogen-bond donors (Lipinski definition) is 1. The smallest absolute Gasteiger partial charge is 0.254 e. The Balaban J connectivity index is 1.80. The molecule has 8 heteroatoms. The Morgan fingerprint density at radius 2 is 2.00 bits per heavy atom. The minimum atomic E-state index is -1.67. The fourth-order valence-corrected chi connectivity index (χ4v) is 2.89. The number of carbonyl (C=O) groups is 1. The Hall–Kier alpha value is -2.35. The number of hydrogen-bond acceptors (Lipinski definition) is 2. The first-order valence-corrected chi connectivity index (χ1v) is 7.71. The SMILES string of the molecule is Cc1cc(Br)cn2cc(CNC(=O)c3ccc(F)c(F)c3F)nc12. The van der Waals surface area contributed by atoms with Crippen molar-refractivity contribution in [3.8, 4) is 0 Å². The van der Waals surface area contributed by atoms with Gasteiger partial charge in [-0.25, -0.2) is 18.2 Å². The lowest BCUT2D eigenvalue weighted by Crippen LogP contribution is -2.24. The molecule has 124 valence electrons. The van der Waals surface area contributed by atoms with Crippen molar-refractivity contribution in [2.24, 2.45) is 0 Å². The van der Waals surface area contributed by atoms with Crippen molar-refractivity contribution >= 4 is 27.5 Å². The van der Waals surface area contributed by atoms with Gasteiger partial charge >= 0.3 is 0 Å². The van der Waals surface area contributed by atoms with Crippen LogP contribution in [-0.4, -0.2) is 15.3 Å². The van der Waals surface area contributed by atoms with Crippen LogP contribution in [0, 0.1) is 24.4 Å². The van der Waals surface area contributed by atoms with Gasteiger partial charge in [0.25, 0.3) is 5.91 Å².